The second-order valence-electron chi connectivity index (χ2n) is 4.99. The van der Waals surface area contributed by atoms with E-state index in [2.05, 4.69) is 18.8 Å². The van der Waals surface area contributed by atoms with Crippen molar-refractivity contribution < 1.29 is 4.79 Å². The second-order valence-corrected chi connectivity index (χ2v) is 6.53. The number of benzene rings is 1. The van der Waals surface area contributed by atoms with Crippen molar-refractivity contribution >= 4 is 17.7 Å². The smallest absolute Gasteiger partial charge is 0.255 e. The summed E-state index contributed by atoms with van der Waals surface area (Å²) in [6.45, 7) is 6.08. The average Bonchev–Trinajstić information content (AvgIpc) is 2.44. The molecule has 1 unspecified atom stereocenters. The maximum Gasteiger partial charge on any atom is 0.255 e. The summed E-state index contributed by atoms with van der Waals surface area (Å²) in [4.78, 5) is 14.6. The first-order chi connectivity index (χ1) is 9.61. The molecule has 1 saturated heterocycles. The third kappa shape index (κ3) is 3.56. The van der Waals surface area contributed by atoms with Gasteiger partial charge in [0.15, 0.2) is 0 Å². The highest BCUT2D eigenvalue weighted by Gasteiger charge is 2.23. The van der Waals surface area contributed by atoms with Gasteiger partial charge in [-0.2, -0.15) is 11.8 Å². The van der Waals surface area contributed by atoms with Crippen LogP contribution in [0.4, 0.5) is 0 Å². The van der Waals surface area contributed by atoms with Gasteiger partial charge in [-0.3, -0.25) is 4.79 Å². The predicted octanol–water partition coefficient (Wildman–Crippen LogP) is 1.88. The van der Waals surface area contributed by atoms with Crippen LogP contribution in [-0.4, -0.2) is 41.4 Å². The van der Waals surface area contributed by atoms with Crippen molar-refractivity contribution in [3.05, 3.63) is 34.9 Å². The lowest BCUT2D eigenvalue weighted by Crippen LogP contribution is -2.41. The van der Waals surface area contributed by atoms with Crippen LogP contribution in [0.1, 0.15) is 28.4 Å². The monoisotopic (exact) mass is 288 g/mol. The van der Waals surface area contributed by atoms with Gasteiger partial charge in [-0.05, 0) is 24.6 Å². The number of nitrogens with zero attached hydrogens (tertiary/aromatic N) is 1. The summed E-state index contributed by atoms with van der Waals surface area (Å²) in [6, 6.07) is 5.80. The Labute approximate surface area is 124 Å². The number of carbonyl (C=O) groups excluding carboxylic acids is 1. The molecule has 1 aromatic carbocycles. The van der Waals surface area contributed by atoms with E-state index in [0.29, 0.717) is 17.4 Å². The number of aryl methyl sites for hydroxylation is 1. The molecule has 20 heavy (non-hydrogen) atoms. The molecule has 4 heteroatoms. The number of hydrogen-bond donors (Lipinski definition) is 1. The standard InChI is InChI=1S/C16H20N2OS/c1-12-5-6-15(14(10-12)4-3-7-17)16(19)18-8-9-20-13(2)11-18/h5-6,10,13H,7-9,11,17H2,1-2H3. The van der Waals surface area contributed by atoms with Crippen molar-refractivity contribution in [1.82, 2.24) is 4.90 Å². The van der Waals surface area contributed by atoms with Crippen LogP contribution in [-0.2, 0) is 0 Å². The quantitative estimate of drug-likeness (QED) is 0.803. The van der Waals surface area contributed by atoms with E-state index in [0.717, 1.165) is 30.0 Å². The molecule has 1 aliphatic heterocycles. The van der Waals surface area contributed by atoms with Crippen molar-refractivity contribution in [3.63, 3.8) is 0 Å². The molecule has 0 aliphatic carbocycles. The van der Waals surface area contributed by atoms with E-state index in [4.69, 9.17) is 5.73 Å². The molecule has 0 radical (unpaired) electrons. The summed E-state index contributed by atoms with van der Waals surface area (Å²) < 4.78 is 0. The number of rotatable bonds is 1. The highest BCUT2D eigenvalue weighted by atomic mass is 32.2. The van der Waals surface area contributed by atoms with Crippen LogP contribution in [0, 0.1) is 18.8 Å². The molecule has 1 aliphatic rings. The fraction of sp³-hybridized carbons (Fsp3) is 0.438. The maximum absolute atomic E-state index is 12.7. The first-order valence-electron chi connectivity index (χ1n) is 6.82. The van der Waals surface area contributed by atoms with Gasteiger partial charge >= 0.3 is 0 Å². The van der Waals surface area contributed by atoms with Crippen molar-refractivity contribution in [1.29, 1.82) is 0 Å². The molecular formula is C16H20N2OS. The molecule has 1 aromatic rings. The van der Waals surface area contributed by atoms with Crippen molar-refractivity contribution in [2.75, 3.05) is 25.4 Å². The van der Waals surface area contributed by atoms with Crippen LogP contribution in [0.15, 0.2) is 18.2 Å². The Hall–Kier alpha value is -1.44. The SMILES string of the molecule is Cc1ccc(C(=O)N2CCSC(C)C2)c(C#CCN)c1. The van der Waals surface area contributed by atoms with E-state index in [1.54, 1.807) is 0 Å². The Bertz CT molecular complexity index is 559. The van der Waals surface area contributed by atoms with E-state index in [1.807, 2.05) is 41.8 Å². The highest BCUT2D eigenvalue weighted by molar-refractivity contribution is 7.99. The molecular weight excluding hydrogens is 268 g/mol. The lowest BCUT2D eigenvalue weighted by molar-refractivity contribution is 0.0763. The van der Waals surface area contributed by atoms with E-state index in [-0.39, 0.29) is 5.91 Å². The third-order valence-corrected chi connectivity index (χ3v) is 4.40. The minimum Gasteiger partial charge on any atom is -0.337 e. The first kappa shape index (κ1) is 15.0. The largest absolute Gasteiger partial charge is 0.337 e. The average molecular weight is 288 g/mol. The normalized spacial score (nSPS) is 18.4. The van der Waals surface area contributed by atoms with E-state index >= 15 is 0 Å². The summed E-state index contributed by atoms with van der Waals surface area (Å²) in [6.07, 6.45) is 0. The summed E-state index contributed by atoms with van der Waals surface area (Å²) in [7, 11) is 0. The Balaban J connectivity index is 2.29. The van der Waals surface area contributed by atoms with Crippen molar-refractivity contribution in [2.45, 2.75) is 19.1 Å². The van der Waals surface area contributed by atoms with Gasteiger partial charge in [0.1, 0.15) is 0 Å². The van der Waals surface area contributed by atoms with Gasteiger partial charge in [0.05, 0.1) is 12.1 Å². The van der Waals surface area contributed by atoms with Crippen LogP contribution >= 0.6 is 11.8 Å². The van der Waals surface area contributed by atoms with E-state index in [1.165, 1.54) is 0 Å². The molecule has 0 spiro atoms. The Kier molecular flexibility index (Phi) is 5.11. The predicted molar refractivity (Wildman–Crippen MR) is 84.9 cm³/mol. The van der Waals surface area contributed by atoms with Crippen molar-refractivity contribution in [2.24, 2.45) is 5.73 Å². The Morgan fingerprint density at radius 2 is 2.35 bits per heavy atom. The van der Waals surface area contributed by atoms with Gasteiger partial charge in [-0.25, -0.2) is 0 Å². The van der Waals surface area contributed by atoms with Crippen LogP contribution in [0.3, 0.4) is 0 Å². The van der Waals surface area contributed by atoms with Crippen LogP contribution < -0.4 is 5.73 Å². The lowest BCUT2D eigenvalue weighted by atomic mass is 10.0. The fourth-order valence-corrected chi connectivity index (χ4v) is 3.28. The summed E-state index contributed by atoms with van der Waals surface area (Å²) in [5.74, 6) is 6.94. The summed E-state index contributed by atoms with van der Waals surface area (Å²) in [5, 5.41) is 0.497. The Morgan fingerprint density at radius 3 is 3.05 bits per heavy atom. The molecule has 0 bridgehead atoms. The second kappa shape index (κ2) is 6.83. The van der Waals surface area contributed by atoms with Gasteiger partial charge in [0.2, 0.25) is 0 Å². The number of thioether (sulfide) groups is 1. The van der Waals surface area contributed by atoms with Gasteiger partial charge < -0.3 is 10.6 Å². The molecule has 1 fully saturated rings. The van der Waals surface area contributed by atoms with Crippen LogP contribution in [0.5, 0.6) is 0 Å². The molecule has 106 valence electrons. The molecule has 1 amide bonds. The molecule has 1 heterocycles. The Morgan fingerprint density at radius 1 is 1.55 bits per heavy atom. The molecule has 1 atom stereocenters. The van der Waals surface area contributed by atoms with Crippen LogP contribution in [0.25, 0.3) is 0 Å². The molecule has 0 aromatic heterocycles. The highest BCUT2D eigenvalue weighted by Crippen LogP contribution is 2.21. The minimum absolute atomic E-state index is 0.0819. The van der Waals surface area contributed by atoms with E-state index in [9.17, 15) is 4.79 Å². The molecule has 2 rings (SSSR count). The zero-order chi connectivity index (χ0) is 14.5. The van der Waals surface area contributed by atoms with Crippen LogP contribution in [0.2, 0.25) is 0 Å². The van der Waals surface area contributed by atoms with Gasteiger partial charge in [0.25, 0.3) is 5.91 Å². The fourth-order valence-electron chi connectivity index (χ4n) is 2.27. The molecule has 3 nitrogen and oxygen atoms in total. The maximum atomic E-state index is 12.7. The first-order valence-corrected chi connectivity index (χ1v) is 7.87. The zero-order valence-electron chi connectivity index (χ0n) is 12.0. The number of hydrogen-bond acceptors (Lipinski definition) is 3. The van der Waals surface area contributed by atoms with Gasteiger partial charge in [0, 0.05) is 29.7 Å². The topological polar surface area (TPSA) is 46.3 Å². The van der Waals surface area contributed by atoms with Crippen molar-refractivity contribution in [3.8, 4) is 11.8 Å². The van der Waals surface area contributed by atoms with Gasteiger partial charge in [-0.15, -0.1) is 0 Å². The molecule has 0 saturated carbocycles. The third-order valence-electron chi connectivity index (χ3n) is 3.26. The van der Waals surface area contributed by atoms with E-state index < -0.39 is 0 Å². The summed E-state index contributed by atoms with van der Waals surface area (Å²) in [5.41, 5.74) is 8.01. The zero-order valence-corrected chi connectivity index (χ0v) is 12.8. The number of amides is 1. The summed E-state index contributed by atoms with van der Waals surface area (Å²) >= 11 is 1.92. The lowest BCUT2D eigenvalue weighted by Gasteiger charge is -2.31. The number of carbonyl (C=O) groups is 1. The van der Waals surface area contributed by atoms with Gasteiger partial charge in [-0.1, -0.05) is 24.8 Å². The minimum atomic E-state index is 0.0819. The number of nitrogens with two attached hydrogens (primary N) is 1. The molecule has 2 N–H and O–H groups in total.